The van der Waals surface area contributed by atoms with Gasteiger partial charge in [-0.1, -0.05) is 19.8 Å². The molecule has 0 heterocycles. The van der Waals surface area contributed by atoms with Crippen LogP contribution in [-0.2, 0) is 4.74 Å². The van der Waals surface area contributed by atoms with E-state index in [2.05, 4.69) is 6.92 Å². The Labute approximate surface area is 81.8 Å². The van der Waals surface area contributed by atoms with Gasteiger partial charge < -0.3 is 10.5 Å². The fourth-order valence-corrected chi connectivity index (χ4v) is 2.40. The van der Waals surface area contributed by atoms with Gasteiger partial charge in [-0.05, 0) is 31.1 Å². The minimum absolute atomic E-state index is 0.410. The van der Waals surface area contributed by atoms with E-state index in [1.807, 2.05) is 0 Å². The van der Waals surface area contributed by atoms with Gasteiger partial charge in [-0.2, -0.15) is 0 Å². The Morgan fingerprint density at radius 2 is 2.00 bits per heavy atom. The summed E-state index contributed by atoms with van der Waals surface area (Å²) in [7, 11) is 1.76. The zero-order valence-corrected chi connectivity index (χ0v) is 8.96. The Balaban J connectivity index is 2.18. The van der Waals surface area contributed by atoms with Crippen LogP contribution in [0.3, 0.4) is 0 Å². The molecule has 0 amide bonds. The maximum Gasteiger partial charge on any atom is 0.0488 e. The van der Waals surface area contributed by atoms with E-state index >= 15 is 0 Å². The van der Waals surface area contributed by atoms with E-state index in [1.165, 1.54) is 25.7 Å². The molecule has 0 saturated heterocycles. The lowest BCUT2D eigenvalue weighted by Crippen LogP contribution is -2.31. The minimum Gasteiger partial charge on any atom is -0.384 e. The normalized spacial score (nSPS) is 23.3. The summed E-state index contributed by atoms with van der Waals surface area (Å²) in [6.07, 6.45) is 6.59. The molecule has 0 aromatic rings. The third-order valence-electron chi connectivity index (χ3n) is 3.13. The first kappa shape index (κ1) is 11.0. The second-order valence-corrected chi connectivity index (χ2v) is 4.50. The topological polar surface area (TPSA) is 35.2 Å². The highest BCUT2D eigenvalue weighted by atomic mass is 16.5. The van der Waals surface area contributed by atoms with Crippen LogP contribution >= 0.6 is 0 Å². The van der Waals surface area contributed by atoms with Crippen LogP contribution < -0.4 is 5.73 Å². The molecule has 2 heteroatoms. The average Bonchev–Trinajstić information content (AvgIpc) is 2.55. The van der Waals surface area contributed by atoms with E-state index in [1.54, 1.807) is 7.11 Å². The predicted octanol–water partition coefficient (Wildman–Crippen LogP) is 2.18. The highest BCUT2D eigenvalue weighted by Crippen LogP contribution is 2.29. The van der Waals surface area contributed by atoms with Crippen LogP contribution in [0.15, 0.2) is 0 Å². The van der Waals surface area contributed by atoms with Crippen molar-refractivity contribution in [1.29, 1.82) is 0 Å². The molecule has 2 nitrogen and oxygen atoms in total. The Morgan fingerprint density at radius 3 is 2.54 bits per heavy atom. The molecule has 0 aromatic carbocycles. The molecule has 1 rings (SSSR count). The van der Waals surface area contributed by atoms with Crippen molar-refractivity contribution in [3.05, 3.63) is 0 Å². The maximum absolute atomic E-state index is 6.15. The summed E-state index contributed by atoms with van der Waals surface area (Å²) in [6.45, 7) is 3.07. The summed E-state index contributed by atoms with van der Waals surface area (Å²) in [5.41, 5.74) is 6.15. The first-order valence-corrected chi connectivity index (χ1v) is 5.48. The summed E-state index contributed by atoms with van der Waals surface area (Å²) in [4.78, 5) is 0. The van der Waals surface area contributed by atoms with Crippen LogP contribution in [0.1, 0.15) is 39.0 Å². The molecular weight excluding hydrogens is 162 g/mol. The Bertz CT molecular complexity index is 132. The molecule has 1 fully saturated rings. The smallest absolute Gasteiger partial charge is 0.0488 e. The number of nitrogens with two attached hydrogens (primary N) is 1. The van der Waals surface area contributed by atoms with Crippen molar-refractivity contribution in [1.82, 2.24) is 0 Å². The lowest BCUT2D eigenvalue weighted by molar-refractivity contribution is 0.147. The monoisotopic (exact) mass is 185 g/mol. The Hall–Kier alpha value is -0.0800. The summed E-state index contributed by atoms with van der Waals surface area (Å²) in [5.74, 6) is 1.40. The average molecular weight is 185 g/mol. The van der Waals surface area contributed by atoms with Gasteiger partial charge in [0.1, 0.15) is 0 Å². The van der Waals surface area contributed by atoms with Crippen molar-refractivity contribution in [3.8, 4) is 0 Å². The van der Waals surface area contributed by atoms with Crippen molar-refractivity contribution >= 4 is 0 Å². The lowest BCUT2D eigenvalue weighted by atomic mass is 9.91. The molecule has 1 aliphatic rings. The number of hydrogen-bond donors (Lipinski definition) is 1. The minimum atomic E-state index is 0.410. The Kier molecular flexibility index (Phi) is 4.74. The zero-order chi connectivity index (χ0) is 9.68. The molecular formula is C11H23NO. The van der Waals surface area contributed by atoms with Gasteiger partial charge in [-0.15, -0.1) is 0 Å². The van der Waals surface area contributed by atoms with Crippen molar-refractivity contribution in [2.24, 2.45) is 17.6 Å². The molecule has 1 aliphatic carbocycles. The van der Waals surface area contributed by atoms with Gasteiger partial charge in [0, 0.05) is 19.8 Å². The van der Waals surface area contributed by atoms with Crippen LogP contribution in [0, 0.1) is 11.8 Å². The molecule has 2 unspecified atom stereocenters. The summed E-state index contributed by atoms with van der Waals surface area (Å²) < 4.78 is 5.11. The molecule has 0 aliphatic heterocycles. The second-order valence-electron chi connectivity index (χ2n) is 4.50. The second kappa shape index (κ2) is 5.61. The molecule has 0 bridgehead atoms. The number of ether oxygens (including phenoxy) is 1. The number of hydrogen-bond acceptors (Lipinski definition) is 2. The molecule has 2 N–H and O–H groups in total. The van der Waals surface area contributed by atoms with Crippen molar-refractivity contribution in [2.75, 3.05) is 13.7 Å². The first-order valence-electron chi connectivity index (χ1n) is 5.48. The van der Waals surface area contributed by atoms with Crippen LogP contribution in [0.25, 0.3) is 0 Å². The third-order valence-corrected chi connectivity index (χ3v) is 3.13. The van der Waals surface area contributed by atoms with E-state index in [0.29, 0.717) is 12.0 Å². The zero-order valence-electron chi connectivity index (χ0n) is 8.96. The van der Waals surface area contributed by atoms with Crippen molar-refractivity contribution in [3.63, 3.8) is 0 Å². The van der Waals surface area contributed by atoms with Gasteiger partial charge in [-0.3, -0.25) is 0 Å². The number of methoxy groups -OCH3 is 1. The highest BCUT2D eigenvalue weighted by molar-refractivity contribution is 4.79. The first-order chi connectivity index (χ1) is 6.24. The van der Waals surface area contributed by atoms with Gasteiger partial charge in [0.25, 0.3) is 0 Å². The van der Waals surface area contributed by atoms with E-state index in [9.17, 15) is 0 Å². The van der Waals surface area contributed by atoms with Gasteiger partial charge in [0.15, 0.2) is 0 Å². The summed E-state index contributed by atoms with van der Waals surface area (Å²) in [6, 6.07) is 0.410. The summed E-state index contributed by atoms with van der Waals surface area (Å²) >= 11 is 0. The molecule has 2 atom stereocenters. The SMILES string of the molecule is COCC(C)CC(N)C1CCCC1. The molecule has 0 radical (unpaired) electrons. The van der Waals surface area contributed by atoms with Gasteiger partial charge in [-0.25, -0.2) is 0 Å². The third kappa shape index (κ3) is 3.65. The van der Waals surface area contributed by atoms with E-state index < -0.39 is 0 Å². The summed E-state index contributed by atoms with van der Waals surface area (Å²) in [5, 5.41) is 0. The van der Waals surface area contributed by atoms with Gasteiger partial charge in [0.2, 0.25) is 0 Å². The molecule has 0 spiro atoms. The highest BCUT2D eigenvalue weighted by Gasteiger charge is 2.23. The van der Waals surface area contributed by atoms with Crippen molar-refractivity contribution < 1.29 is 4.74 Å². The van der Waals surface area contributed by atoms with Gasteiger partial charge in [0.05, 0.1) is 0 Å². The van der Waals surface area contributed by atoms with Crippen LogP contribution in [0.2, 0.25) is 0 Å². The standard InChI is InChI=1S/C11H23NO/c1-9(8-13-2)7-11(12)10-5-3-4-6-10/h9-11H,3-8,12H2,1-2H3. The van der Waals surface area contributed by atoms with Crippen LogP contribution in [0.5, 0.6) is 0 Å². The fourth-order valence-electron chi connectivity index (χ4n) is 2.40. The number of rotatable bonds is 5. The molecule has 13 heavy (non-hydrogen) atoms. The van der Waals surface area contributed by atoms with Crippen molar-refractivity contribution in [2.45, 2.75) is 45.1 Å². The van der Waals surface area contributed by atoms with Gasteiger partial charge >= 0.3 is 0 Å². The van der Waals surface area contributed by atoms with E-state index in [4.69, 9.17) is 10.5 Å². The lowest BCUT2D eigenvalue weighted by Gasteiger charge is -2.21. The maximum atomic E-state index is 6.15. The fraction of sp³-hybridized carbons (Fsp3) is 1.00. The van der Waals surface area contributed by atoms with Crippen LogP contribution in [0.4, 0.5) is 0 Å². The Morgan fingerprint density at radius 1 is 1.38 bits per heavy atom. The molecule has 0 aromatic heterocycles. The van der Waals surface area contributed by atoms with E-state index in [0.717, 1.165) is 18.9 Å². The largest absolute Gasteiger partial charge is 0.384 e. The quantitative estimate of drug-likeness (QED) is 0.712. The van der Waals surface area contributed by atoms with Crippen LogP contribution in [-0.4, -0.2) is 19.8 Å². The molecule has 1 saturated carbocycles. The molecule has 78 valence electrons. The predicted molar refractivity (Wildman–Crippen MR) is 55.6 cm³/mol. The van der Waals surface area contributed by atoms with E-state index in [-0.39, 0.29) is 0 Å².